The number of amides is 1. The number of carbonyl (C=O) groups excluding carboxylic acids is 1. The van der Waals surface area contributed by atoms with E-state index < -0.39 is 5.60 Å². The molecule has 5 heteroatoms. The van der Waals surface area contributed by atoms with Crippen molar-refractivity contribution < 1.29 is 19.0 Å². The summed E-state index contributed by atoms with van der Waals surface area (Å²) in [6.07, 6.45) is 1.29. The van der Waals surface area contributed by atoms with Crippen molar-refractivity contribution in [1.82, 2.24) is 5.32 Å². The van der Waals surface area contributed by atoms with Gasteiger partial charge in [0.15, 0.2) is 0 Å². The van der Waals surface area contributed by atoms with Crippen LogP contribution >= 0.6 is 0 Å². The van der Waals surface area contributed by atoms with Crippen molar-refractivity contribution in [3.8, 4) is 0 Å². The third-order valence-corrected chi connectivity index (χ3v) is 3.34. The SMILES string of the molecule is CCOCC(COCC)NC(=O)CC(C)(C)OCCC(C)(C)C. The summed E-state index contributed by atoms with van der Waals surface area (Å²) in [4.78, 5) is 12.3. The van der Waals surface area contributed by atoms with E-state index >= 15 is 0 Å². The van der Waals surface area contributed by atoms with Gasteiger partial charge in [-0.1, -0.05) is 20.8 Å². The molecule has 0 bridgehead atoms. The monoisotopic (exact) mass is 331 g/mol. The van der Waals surface area contributed by atoms with Crippen LogP contribution in [0.3, 0.4) is 0 Å². The summed E-state index contributed by atoms with van der Waals surface area (Å²) >= 11 is 0. The molecule has 0 rings (SSSR count). The lowest BCUT2D eigenvalue weighted by atomic mass is 9.93. The van der Waals surface area contributed by atoms with Gasteiger partial charge in [-0.05, 0) is 39.5 Å². The van der Waals surface area contributed by atoms with Gasteiger partial charge in [0.2, 0.25) is 5.91 Å². The van der Waals surface area contributed by atoms with E-state index in [0.29, 0.717) is 39.5 Å². The lowest BCUT2D eigenvalue weighted by Gasteiger charge is -2.28. The molecule has 1 amide bonds. The van der Waals surface area contributed by atoms with Crippen molar-refractivity contribution in [2.24, 2.45) is 5.41 Å². The molecular formula is C18H37NO4. The predicted molar refractivity (Wildman–Crippen MR) is 93.6 cm³/mol. The molecule has 138 valence electrons. The van der Waals surface area contributed by atoms with Gasteiger partial charge in [-0.3, -0.25) is 4.79 Å². The fourth-order valence-corrected chi connectivity index (χ4v) is 2.00. The van der Waals surface area contributed by atoms with Crippen molar-refractivity contribution in [3.63, 3.8) is 0 Å². The molecule has 0 aliphatic rings. The Hall–Kier alpha value is -0.650. The summed E-state index contributed by atoms with van der Waals surface area (Å²) in [5.41, 5.74) is -0.241. The zero-order valence-corrected chi connectivity index (χ0v) is 16.2. The topological polar surface area (TPSA) is 56.8 Å². The third kappa shape index (κ3) is 13.5. The fraction of sp³-hybridized carbons (Fsp3) is 0.944. The Balaban J connectivity index is 4.28. The van der Waals surface area contributed by atoms with Gasteiger partial charge in [0.1, 0.15) is 0 Å². The van der Waals surface area contributed by atoms with Crippen molar-refractivity contribution in [1.29, 1.82) is 0 Å². The minimum atomic E-state index is -0.475. The van der Waals surface area contributed by atoms with Crippen LogP contribution in [0, 0.1) is 5.41 Å². The maximum absolute atomic E-state index is 12.3. The smallest absolute Gasteiger partial charge is 0.223 e. The van der Waals surface area contributed by atoms with Gasteiger partial charge in [-0.2, -0.15) is 0 Å². The van der Waals surface area contributed by atoms with Gasteiger partial charge in [-0.25, -0.2) is 0 Å². The summed E-state index contributed by atoms with van der Waals surface area (Å²) in [7, 11) is 0. The van der Waals surface area contributed by atoms with Crippen molar-refractivity contribution in [3.05, 3.63) is 0 Å². The number of hydrogen-bond donors (Lipinski definition) is 1. The number of rotatable bonds is 12. The average molecular weight is 331 g/mol. The minimum Gasteiger partial charge on any atom is -0.380 e. The summed E-state index contributed by atoms with van der Waals surface area (Å²) < 4.78 is 16.7. The Morgan fingerprint density at radius 2 is 1.52 bits per heavy atom. The Labute approximate surface area is 142 Å². The largest absolute Gasteiger partial charge is 0.380 e. The van der Waals surface area contributed by atoms with Crippen molar-refractivity contribution in [2.75, 3.05) is 33.0 Å². The Morgan fingerprint density at radius 3 is 1.96 bits per heavy atom. The maximum atomic E-state index is 12.3. The van der Waals surface area contributed by atoms with Crippen LogP contribution in [0.25, 0.3) is 0 Å². The fourth-order valence-electron chi connectivity index (χ4n) is 2.00. The highest BCUT2D eigenvalue weighted by atomic mass is 16.5. The first-order valence-electron chi connectivity index (χ1n) is 8.68. The highest BCUT2D eigenvalue weighted by Gasteiger charge is 2.25. The molecule has 0 fully saturated rings. The third-order valence-electron chi connectivity index (χ3n) is 3.34. The predicted octanol–water partition coefficient (Wildman–Crippen LogP) is 3.17. The molecule has 0 saturated carbocycles. The summed E-state index contributed by atoms with van der Waals surface area (Å²) in [6.45, 7) is 17.2. The summed E-state index contributed by atoms with van der Waals surface area (Å²) in [5.74, 6) is -0.0323. The second-order valence-electron chi connectivity index (χ2n) is 7.68. The first-order valence-corrected chi connectivity index (χ1v) is 8.68. The molecule has 0 unspecified atom stereocenters. The highest BCUT2D eigenvalue weighted by Crippen LogP contribution is 2.21. The molecule has 0 spiro atoms. The number of hydrogen-bond acceptors (Lipinski definition) is 4. The van der Waals surface area contributed by atoms with E-state index in [9.17, 15) is 4.79 Å². The molecule has 0 atom stereocenters. The van der Waals surface area contributed by atoms with E-state index in [1.807, 2.05) is 27.7 Å². The van der Waals surface area contributed by atoms with E-state index in [1.165, 1.54) is 0 Å². The van der Waals surface area contributed by atoms with Crippen LogP contribution in [-0.2, 0) is 19.0 Å². The Bertz CT molecular complexity index is 315. The quantitative estimate of drug-likeness (QED) is 0.597. The van der Waals surface area contributed by atoms with Crippen LogP contribution in [0.15, 0.2) is 0 Å². The molecule has 0 aromatic rings. The molecule has 5 nitrogen and oxygen atoms in total. The molecule has 23 heavy (non-hydrogen) atoms. The number of carbonyl (C=O) groups is 1. The van der Waals surface area contributed by atoms with Gasteiger partial charge in [0.05, 0.1) is 31.3 Å². The van der Waals surface area contributed by atoms with Gasteiger partial charge in [0.25, 0.3) is 0 Å². The van der Waals surface area contributed by atoms with Gasteiger partial charge in [0, 0.05) is 19.8 Å². The highest BCUT2D eigenvalue weighted by molar-refractivity contribution is 5.77. The van der Waals surface area contributed by atoms with E-state index in [1.54, 1.807) is 0 Å². The van der Waals surface area contributed by atoms with Gasteiger partial charge >= 0.3 is 0 Å². The van der Waals surface area contributed by atoms with Crippen LogP contribution in [0.2, 0.25) is 0 Å². The normalized spacial score (nSPS) is 12.7. The van der Waals surface area contributed by atoms with Crippen LogP contribution in [-0.4, -0.2) is 50.6 Å². The number of ether oxygens (including phenoxy) is 3. The van der Waals surface area contributed by atoms with Crippen molar-refractivity contribution in [2.45, 2.75) is 73.0 Å². The van der Waals surface area contributed by atoms with Crippen LogP contribution in [0.4, 0.5) is 0 Å². The zero-order chi connectivity index (χ0) is 17.9. The number of nitrogens with one attached hydrogen (secondary N) is 1. The second-order valence-corrected chi connectivity index (χ2v) is 7.68. The second kappa shape index (κ2) is 11.0. The van der Waals surface area contributed by atoms with E-state index in [4.69, 9.17) is 14.2 Å². The standard InChI is InChI=1S/C18H37NO4/c1-8-21-13-15(14-22-9-2)19-16(20)12-18(6,7)23-11-10-17(3,4)5/h15H,8-14H2,1-7H3,(H,19,20). The molecule has 0 saturated heterocycles. The first kappa shape index (κ1) is 22.4. The molecule has 0 aromatic carbocycles. The molecule has 0 aromatic heterocycles. The molecule has 1 N–H and O–H groups in total. The average Bonchev–Trinajstić information content (AvgIpc) is 2.39. The van der Waals surface area contributed by atoms with Crippen LogP contribution in [0.5, 0.6) is 0 Å². The first-order chi connectivity index (χ1) is 10.6. The Morgan fingerprint density at radius 1 is 1.00 bits per heavy atom. The van der Waals surface area contributed by atoms with Crippen LogP contribution < -0.4 is 5.32 Å². The van der Waals surface area contributed by atoms with Crippen molar-refractivity contribution >= 4 is 5.91 Å². The van der Waals surface area contributed by atoms with Crippen LogP contribution in [0.1, 0.15) is 61.3 Å². The van der Waals surface area contributed by atoms with E-state index in [2.05, 4.69) is 26.1 Å². The molecule has 0 heterocycles. The minimum absolute atomic E-state index is 0.0323. The van der Waals surface area contributed by atoms with Gasteiger partial charge < -0.3 is 19.5 Å². The lowest BCUT2D eigenvalue weighted by molar-refractivity contribution is -0.129. The molecule has 0 aliphatic carbocycles. The van der Waals surface area contributed by atoms with E-state index in [-0.39, 0.29) is 17.4 Å². The van der Waals surface area contributed by atoms with E-state index in [0.717, 1.165) is 6.42 Å². The summed E-state index contributed by atoms with van der Waals surface area (Å²) in [6, 6.07) is -0.118. The maximum Gasteiger partial charge on any atom is 0.223 e. The molecule has 0 aliphatic heterocycles. The zero-order valence-electron chi connectivity index (χ0n) is 16.2. The van der Waals surface area contributed by atoms with Gasteiger partial charge in [-0.15, -0.1) is 0 Å². The Kier molecular flexibility index (Phi) is 10.7. The molecule has 0 radical (unpaired) electrons. The summed E-state index contributed by atoms with van der Waals surface area (Å²) in [5, 5.41) is 2.98. The lowest BCUT2D eigenvalue weighted by Crippen LogP contribution is -2.44. The molecular weight excluding hydrogens is 294 g/mol.